The molecule has 7 heteroatoms. The highest BCUT2D eigenvalue weighted by Crippen LogP contribution is 2.27. The fourth-order valence-corrected chi connectivity index (χ4v) is 4.36. The number of nitrogen functional groups attached to an aromatic ring is 1. The van der Waals surface area contributed by atoms with Crippen molar-refractivity contribution in [3.05, 3.63) is 22.7 Å². The molecule has 2 unspecified atom stereocenters. The molecule has 2 atom stereocenters. The van der Waals surface area contributed by atoms with Crippen LogP contribution >= 0.6 is 11.6 Å². The zero-order chi connectivity index (χ0) is 14.9. The summed E-state index contributed by atoms with van der Waals surface area (Å²) in [5.74, 6) is 0. The van der Waals surface area contributed by atoms with Gasteiger partial charge in [0.05, 0.1) is 11.0 Å². The lowest BCUT2D eigenvalue weighted by Gasteiger charge is -2.28. The highest BCUT2D eigenvalue weighted by Gasteiger charge is 2.29. The number of nitrogens with two attached hydrogens (primary N) is 1. The SMILES string of the molecule is Cc1c(N)cc(Cl)cc1S(=O)(=O)NC1CCCCC1O. The van der Waals surface area contributed by atoms with Crippen LogP contribution in [-0.2, 0) is 10.0 Å². The molecule has 1 aromatic rings. The molecule has 0 spiro atoms. The van der Waals surface area contributed by atoms with Crippen LogP contribution in [0.15, 0.2) is 17.0 Å². The first kappa shape index (κ1) is 15.6. The lowest BCUT2D eigenvalue weighted by atomic mass is 9.93. The minimum Gasteiger partial charge on any atom is -0.398 e. The Morgan fingerprint density at radius 2 is 2.00 bits per heavy atom. The summed E-state index contributed by atoms with van der Waals surface area (Å²) in [5.41, 5.74) is 6.55. The van der Waals surface area contributed by atoms with Gasteiger partial charge >= 0.3 is 0 Å². The Balaban J connectivity index is 2.31. The maximum atomic E-state index is 12.4. The third-order valence-electron chi connectivity index (χ3n) is 3.69. The van der Waals surface area contributed by atoms with Gasteiger partial charge in [-0.1, -0.05) is 24.4 Å². The Hall–Kier alpha value is -0.820. The molecule has 5 nitrogen and oxygen atoms in total. The van der Waals surface area contributed by atoms with Crippen LogP contribution in [0.3, 0.4) is 0 Å². The van der Waals surface area contributed by atoms with Gasteiger partial charge < -0.3 is 10.8 Å². The molecule has 0 bridgehead atoms. The van der Waals surface area contributed by atoms with E-state index < -0.39 is 22.2 Å². The van der Waals surface area contributed by atoms with E-state index >= 15 is 0 Å². The molecule has 0 radical (unpaired) electrons. The molecular formula is C13H19ClN2O3S. The first-order valence-corrected chi connectivity index (χ1v) is 8.43. The first-order chi connectivity index (χ1) is 9.31. The molecule has 1 aliphatic carbocycles. The van der Waals surface area contributed by atoms with Gasteiger partial charge in [0.1, 0.15) is 0 Å². The summed E-state index contributed by atoms with van der Waals surface area (Å²) in [6, 6.07) is 2.45. The van der Waals surface area contributed by atoms with Crippen LogP contribution in [0.5, 0.6) is 0 Å². The minimum atomic E-state index is -3.74. The van der Waals surface area contributed by atoms with Gasteiger partial charge in [-0.2, -0.15) is 0 Å². The predicted molar refractivity (Wildman–Crippen MR) is 79.2 cm³/mol. The Bertz CT molecular complexity index is 604. The second-order valence-electron chi connectivity index (χ2n) is 5.20. The largest absolute Gasteiger partial charge is 0.398 e. The Kier molecular flexibility index (Phi) is 4.59. The van der Waals surface area contributed by atoms with Crippen molar-refractivity contribution in [3.63, 3.8) is 0 Å². The molecule has 20 heavy (non-hydrogen) atoms. The second-order valence-corrected chi connectivity index (χ2v) is 7.32. The normalized spacial score (nSPS) is 23.8. The van der Waals surface area contributed by atoms with Crippen molar-refractivity contribution in [1.29, 1.82) is 0 Å². The third-order valence-corrected chi connectivity index (χ3v) is 5.52. The van der Waals surface area contributed by atoms with Crippen LogP contribution in [0.4, 0.5) is 5.69 Å². The molecule has 0 amide bonds. The van der Waals surface area contributed by atoms with Crippen molar-refractivity contribution < 1.29 is 13.5 Å². The van der Waals surface area contributed by atoms with Crippen LogP contribution in [0.1, 0.15) is 31.2 Å². The standard InChI is InChI=1S/C13H19ClN2O3S/c1-8-10(15)6-9(14)7-13(8)20(18,19)16-11-4-2-3-5-12(11)17/h6-7,11-12,16-17H,2-5,15H2,1H3. The molecule has 0 saturated heterocycles. The maximum absolute atomic E-state index is 12.4. The average Bonchev–Trinajstić information content (AvgIpc) is 2.36. The van der Waals surface area contributed by atoms with Crippen molar-refractivity contribution >= 4 is 27.3 Å². The molecule has 2 rings (SSSR count). The van der Waals surface area contributed by atoms with Crippen molar-refractivity contribution in [3.8, 4) is 0 Å². The number of benzene rings is 1. The lowest BCUT2D eigenvalue weighted by molar-refractivity contribution is 0.101. The average molecular weight is 319 g/mol. The zero-order valence-corrected chi connectivity index (χ0v) is 12.8. The summed E-state index contributed by atoms with van der Waals surface area (Å²) in [6.45, 7) is 1.64. The summed E-state index contributed by atoms with van der Waals surface area (Å²) < 4.78 is 27.4. The summed E-state index contributed by atoms with van der Waals surface area (Å²) in [5, 5.41) is 10.2. The summed E-state index contributed by atoms with van der Waals surface area (Å²) >= 11 is 5.88. The maximum Gasteiger partial charge on any atom is 0.241 e. The molecule has 1 saturated carbocycles. The summed E-state index contributed by atoms with van der Waals surface area (Å²) in [4.78, 5) is 0.0697. The van der Waals surface area contributed by atoms with E-state index in [-0.39, 0.29) is 9.92 Å². The number of aliphatic hydroxyl groups is 1. The molecule has 0 aliphatic heterocycles. The van der Waals surface area contributed by atoms with Gasteiger partial charge in [-0.3, -0.25) is 0 Å². The van der Waals surface area contributed by atoms with Crippen LogP contribution in [0.2, 0.25) is 5.02 Å². The number of sulfonamides is 1. The molecule has 1 aliphatic rings. The number of nitrogens with one attached hydrogen (secondary N) is 1. The van der Waals surface area contributed by atoms with Crippen molar-refractivity contribution in [2.45, 2.75) is 49.6 Å². The van der Waals surface area contributed by atoms with Gasteiger partial charge in [0.15, 0.2) is 0 Å². The van der Waals surface area contributed by atoms with E-state index in [1.54, 1.807) is 6.92 Å². The van der Waals surface area contributed by atoms with Crippen LogP contribution in [0.25, 0.3) is 0 Å². The van der Waals surface area contributed by atoms with E-state index in [4.69, 9.17) is 17.3 Å². The summed E-state index contributed by atoms with van der Waals surface area (Å²) in [7, 11) is -3.74. The predicted octanol–water partition coefficient (Wildman–Crippen LogP) is 1.81. The van der Waals surface area contributed by atoms with Crippen LogP contribution in [0, 0.1) is 6.92 Å². The third kappa shape index (κ3) is 3.25. The Labute approximate surface area is 124 Å². The van der Waals surface area contributed by atoms with Crippen LogP contribution in [-0.4, -0.2) is 25.7 Å². The number of rotatable bonds is 3. The molecular weight excluding hydrogens is 300 g/mol. The number of anilines is 1. The monoisotopic (exact) mass is 318 g/mol. The quantitative estimate of drug-likeness (QED) is 0.741. The van der Waals surface area contributed by atoms with Crippen molar-refractivity contribution in [1.82, 2.24) is 4.72 Å². The molecule has 0 heterocycles. The van der Waals surface area contributed by atoms with Gasteiger partial charge in [-0.05, 0) is 37.5 Å². The van der Waals surface area contributed by atoms with Gasteiger partial charge in [-0.15, -0.1) is 0 Å². The lowest BCUT2D eigenvalue weighted by Crippen LogP contribution is -2.45. The van der Waals surface area contributed by atoms with Gasteiger partial charge in [0.25, 0.3) is 0 Å². The van der Waals surface area contributed by atoms with Gasteiger partial charge in [0.2, 0.25) is 10.0 Å². The van der Waals surface area contributed by atoms with E-state index in [1.807, 2.05) is 0 Å². The molecule has 1 fully saturated rings. The molecule has 0 aromatic heterocycles. The fourth-order valence-electron chi connectivity index (χ4n) is 2.46. The smallest absolute Gasteiger partial charge is 0.241 e. The van der Waals surface area contributed by atoms with E-state index in [0.29, 0.717) is 24.1 Å². The topological polar surface area (TPSA) is 92.4 Å². The fraction of sp³-hybridized carbons (Fsp3) is 0.538. The van der Waals surface area contributed by atoms with Gasteiger partial charge in [0, 0.05) is 16.8 Å². The van der Waals surface area contributed by atoms with E-state index in [0.717, 1.165) is 12.8 Å². The second kappa shape index (κ2) is 5.89. The van der Waals surface area contributed by atoms with Crippen molar-refractivity contribution in [2.24, 2.45) is 0 Å². The molecule has 1 aromatic carbocycles. The number of aliphatic hydroxyl groups excluding tert-OH is 1. The highest BCUT2D eigenvalue weighted by molar-refractivity contribution is 7.89. The summed E-state index contributed by atoms with van der Waals surface area (Å²) in [6.07, 6.45) is 2.43. The number of hydrogen-bond donors (Lipinski definition) is 3. The minimum absolute atomic E-state index is 0.0697. The first-order valence-electron chi connectivity index (χ1n) is 6.57. The Morgan fingerprint density at radius 3 is 2.65 bits per heavy atom. The van der Waals surface area contributed by atoms with E-state index in [1.165, 1.54) is 12.1 Å². The number of halogens is 1. The molecule has 112 valence electrons. The number of hydrogen-bond acceptors (Lipinski definition) is 4. The van der Waals surface area contributed by atoms with Gasteiger partial charge in [-0.25, -0.2) is 13.1 Å². The zero-order valence-electron chi connectivity index (χ0n) is 11.3. The highest BCUT2D eigenvalue weighted by atomic mass is 35.5. The van der Waals surface area contributed by atoms with Crippen LogP contribution < -0.4 is 10.5 Å². The van der Waals surface area contributed by atoms with Crippen molar-refractivity contribution in [2.75, 3.05) is 5.73 Å². The molecule has 4 N–H and O–H groups in total. The Morgan fingerprint density at radius 1 is 1.35 bits per heavy atom. The van der Waals surface area contributed by atoms with E-state index in [9.17, 15) is 13.5 Å². The van der Waals surface area contributed by atoms with E-state index in [2.05, 4.69) is 4.72 Å².